The predicted octanol–water partition coefficient (Wildman–Crippen LogP) is 2.39. The van der Waals surface area contributed by atoms with Crippen molar-refractivity contribution in [1.29, 1.82) is 0 Å². The monoisotopic (exact) mass is 269 g/mol. The highest BCUT2D eigenvalue weighted by atomic mass is 19.2. The molecule has 1 saturated carbocycles. The molecule has 0 unspecified atom stereocenters. The molecular weight excluding hydrogens is 252 g/mol. The second kappa shape index (κ2) is 5.65. The van der Waals surface area contributed by atoms with Crippen LogP contribution >= 0.6 is 0 Å². The first-order valence-corrected chi connectivity index (χ1v) is 6.46. The highest BCUT2D eigenvalue weighted by Crippen LogP contribution is 2.27. The van der Waals surface area contributed by atoms with E-state index in [0.717, 1.165) is 25.3 Å². The van der Waals surface area contributed by atoms with Crippen LogP contribution in [0.5, 0.6) is 0 Å². The summed E-state index contributed by atoms with van der Waals surface area (Å²) in [5, 5.41) is 12.7. The van der Waals surface area contributed by atoms with E-state index in [1.807, 2.05) is 0 Å². The minimum atomic E-state index is -1.16. The van der Waals surface area contributed by atoms with Gasteiger partial charge in [0.1, 0.15) is 0 Å². The second-order valence-corrected chi connectivity index (χ2v) is 5.07. The number of hydrogen-bond donors (Lipinski definition) is 2. The molecule has 0 heterocycles. The maximum absolute atomic E-state index is 13.4. The van der Waals surface area contributed by atoms with Gasteiger partial charge in [-0.05, 0) is 25.0 Å². The number of amides is 1. The van der Waals surface area contributed by atoms with E-state index < -0.39 is 23.1 Å². The second-order valence-electron chi connectivity index (χ2n) is 5.07. The van der Waals surface area contributed by atoms with Crippen LogP contribution < -0.4 is 5.32 Å². The molecule has 0 radical (unpaired) electrons. The van der Waals surface area contributed by atoms with Crippen LogP contribution in [0.15, 0.2) is 18.2 Å². The van der Waals surface area contributed by atoms with Crippen molar-refractivity contribution in [1.82, 2.24) is 5.32 Å². The number of nitrogens with one attached hydrogen (secondary N) is 1. The zero-order valence-corrected chi connectivity index (χ0v) is 10.6. The summed E-state index contributed by atoms with van der Waals surface area (Å²) < 4.78 is 26.4. The largest absolute Gasteiger partial charge is 0.388 e. The lowest BCUT2D eigenvalue weighted by Crippen LogP contribution is -2.44. The highest BCUT2D eigenvalue weighted by Gasteiger charge is 2.29. The third-order valence-electron chi connectivity index (χ3n) is 3.56. The standard InChI is InChI=1S/C14H17F2NO2/c15-11-6-4-5-10(12(11)16)13(18)17-9-14(19)7-2-1-3-8-14/h4-6,19H,1-3,7-9H2,(H,17,18). The van der Waals surface area contributed by atoms with Crippen LogP contribution in [0.25, 0.3) is 0 Å². The fourth-order valence-corrected chi connectivity index (χ4v) is 2.41. The van der Waals surface area contributed by atoms with Gasteiger partial charge in [-0.25, -0.2) is 8.78 Å². The number of carbonyl (C=O) groups excluding carboxylic acids is 1. The molecule has 0 atom stereocenters. The van der Waals surface area contributed by atoms with Crippen molar-refractivity contribution in [2.24, 2.45) is 0 Å². The van der Waals surface area contributed by atoms with Gasteiger partial charge >= 0.3 is 0 Å². The minimum absolute atomic E-state index is 0.0712. The molecule has 0 bridgehead atoms. The Morgan fingerprint density at radius 2 is 1.95 bits per heavy atom. The van der Waals surface area contributed by atoms with E-state index in [9.17, 15) is 18.7 Å². The average molecular weight is 269 g/mol. The van der Waals surface area contributed by atoms with Gasteiger partial charge in [0.2, 0.25) is 0 Å². The van der Waals surface area contributed by atoms with Crippen molar-refractivity contribution >= 4 is 5.91 Å². The minimum Gasteiger partial charge on any atom is -0.388 e. The summed E-state index contributed by atoms with van der Waals surface area (Å²) in [7, 11) is 0. The van der Waals surface area contributed by atoms with Crippen LogP contribution in [0.3, 0.4) is 0 Å². The summed E-state index contributed by atoms with van der Waals surface area (Å²) >= 11 is 0. The van der Waals surface area contributed by atoms with Crippen LogP contribution in [0.1, 0.15) is 42.5 Å². The number of aliphatic hydroxyl groups is 1. The summed E-state index contributed by atoms with van der Waals surface area (Å²) in [6.07, 6.45) is 4.16. The summed E-state index contributed by atoms with van der Waals surface area (Å²) in [4.78, 5) is 11.8. The number of carbonyl (C=O) groups is 1. The molecule has 0 spiro atoms. The van der Waals surface area contributed by atoms with Gasteiger partial charge in [-0.2, -0.15) is 0 Å². The fraction of sp³-hybridized carbons (Fsp3) is 0.500. The Morgan fingerprint density at radius 1 is 1.26 bits per heavy atom. The van der Waals surface area contributed by atoms with E-state index in [2.05, 4.69) is 5.32 Å². The summed E-state index contributed by atoms with van der Waals surface area (Å²) in [5.74, 6) is -2.91. The zero-order chi connectivity index (χ0) is 13.9. The van der Waals surface area contributed by atoms with Gasteiger partial charge < -0.3 is 10.4 Å². The topological polar surface area (TPSA) is 49.3 Å². The Morgan fingerprint density at radius 3 is 2.63 bits per heavy atom. The molecule has 1 aromatic carbocycles. The maximum Gasteiger partial charge on any atom is 0.254 e. The predicted molar refractivity (Wildman–Crippen MR) is 66.7 cm³/mol. The first kappa shape index (κ1) is 13.9. The number of halogens is 2. The molecule has 1 amide bonds. The lowest BCUT2D eigenvalue weighted by Gasteiger charge is -2.32. The zero-order valence-electron chi connectivity index (χ0n) is 10.6. The third kappa shape index (κ3) is 3.29. The van der Waals surface area contributed by atoms with Gasteiger partial charge in [0.05, 0.1) is 11.2 Å². The normalized spacial score (nSPS) is 18.1. The van der Waals surface area contributed by atoms with Crippen LogP contribution in [-0.4, -0.2) is 23.2 Å². The molecule has 1 aliphatic carbocycles. The molecule has 5 heteroatoms. The first-order chi connectivity index (χ1) is 9.02. The molecule has 2 rings (SSSR count). The number of benzene rings is 1. The Balaban J connectivity index is 1.99. The molecule has 0 aromatic heterocycles. The van der Waals surface area contributed by atoms with Crippen molar-refractivity contribution in [3.05, 3.63) is 35.4 Å². The van der Waals surface area contributed by atoms with E-state index in [4.69, 9.17) is 0 Å². The average Bonchev–Trinajstić information content (AvgIpc) is 2.40. The van der Waals surface area contributed by atoms with E-state index in [1.54, 1.807) is 0 Å². The molecule has 2 N–H and O–H groups in total. The molecule has 1 aliphatic rings. The lowest BCUT2D eigenvalue weighted by atomic mass is 9.85. The van der Waals surface area contributed by atoms with Gasteiger partial charge in [0.25, 0.3) is 5.91 Å². The van der Waals surface area contributed by atoms with Gasteiger partial charge in [0.15, 0.2) is 11.6 Å². The van der Waals surface area contributed by atoms with Crippen LogP contribution in [0.4, 0.5) is 8.78 Å². The summed E-state index contributed by atoms with van der Waals surface area (Å²) in [5.41, 5.74) is -1.25. The number of rotatable bonds is 3. The van der Waals surface area contributed by atoms with Crippen molar-refractivity contribution in [3.8, 4) is 0 Å². The Kier molecular flexibility index (Phi) is 4.14. The maximum atomic E-state index is 13.4. The fourth-order valence-electron chi connectivity index (χ4n) is 2.41. The van der Waals surface area contributed by atoms with E-state index in [0.29, 0.717) is 12.8 Å². The van der Waals surface area contributed by atoms with Gasteiger partial charge in [-0.3, -0.25) is 4.79 Å². The van der Waals surface area contributed by atoms with E-state index >= 15 is 0 Å². The molecular formula is C14H17F2NO2. The molecule has 3 nitrogen and oxygen atoms in total. The van der Waals surface area contributed by atoms with Crippen LogP contribution in [0, 0.1) is 11.6 Å². The highest BCUT2D eigenvalue weighted by molar-refractivity contribution is 5.94. The Labute approximate surface area is 110 Å². The van der Waals surface area contributed by atoms with E-state index in [1.165, 1.54) is 12.1 Å². The summed E-state index contributed by atoms with van der Waals surface area (Å²) in [6, 6.07) is 3.46. The molecule has 0 saturated heterocycles. The van der Waals surface area contributed by atoms with Gasteiger partial charge in [-0.15, -0.1) is 0 Å². The van der Waals surface area contributed by atoms with Crippen molar-refractivity contribution in [2.45, 2.75) is 37.7 Å². The van der Waals surface area contributed by atoms with Crippen molar-refractivity contribution < 1.29 is 18.7 Å². The van der Waals surface area contributed by atoms with E-state index in [-0.39, 0.29) is 12.1 Å². The summed E-state index contributed by atoms with van der Waals surface area (Å²) in [6.45, 7) is 0.0712. The van der Waals surface area contributed by atoms with Gasteiger partial charge in [0, 0.05) is 6.54 Å². The van der Waals surface area contributed by atoms with Gasteiger partial charge in [-0.1, -0.05) is 25.3 Å². The molecule has 1 fully saturated rings. The Hall–Kier alpha value is -1.49. The SMILES string of the molecule is O=C(NCC1(O)CCCCC1)c1cccc(F)c1F. The molecule has 19 heavy (non-hydrogen) atoms. The van der Waals surface area contributed by atoms with Crippen molar-refractivity contribution in [2.75, 3.05) is 6.54 Å². The van der Waals surface area contributed by atoms with Crippen LogP contribution in [0.2, 0.25) is 0 Å². The quantitative estimate of drug-likeness (QED) is 0.885. The Bertz CT molecular complexity index is 471. The van der Waals surface area contributed by atoms with Crippen LogP contribution in [-0.2, 0) is 0 Å². The number of hydrogen-bond acceptors (Lipinski definition) is 2. The molecule has 104 valence electrons. The molecule has 0 aliphatic heterocycles. The first-order valence-electron chi connectivity index (χ1n) is 6.46. The lowest BCUT2D eigenvalue weighted by molar-refractivity contribution is 0.00521. The third-order valence-corrected chi connectivity index (χ3v) is 3.56. The smallest absolute Gasteiger partial charge is 0.254 e. The molecule has 1 aromatic rings. The van der Waals surface area contributed by atoms with Crippen molar-refractivity contribution in [3.63, 3.8) is 0 Å².